The number of alkyl halides is 3. The monoisotopic (exact) mass is 359 g/mol. The molecule has 1 amide bonds. The van der Waals surface area contributed by atoms with Crippen LogP contribution in [0.3, 0.4) is 0 Å². The second-order valence-electron chi connectivity index (χ2n) is 6.43. The maximum Gasteiger partial charge on any atom is 0.416 e. The Morgan fingerprint density at radius 2 is 1.84 bits per heavy atom. The fourth-order valence-corrected chi connectivity index (χ4v) is 3.12. The van der Waals surface area contributed by atoms with Crippen molar-refractivity contribution >= 4 is 5.91 Å². The molecule has 7 heteroatoms. The van der Waals surface area contributed by atoms with Gasteiger partial charge in [-0.3, -0.25) is 4.79 Å². The van der Waals surface area contributed by atoms with Gasteiger partial charge in [0.05, 0.1) is 24.4 Å². The van der Waals surface area contributed by atoms with Crippen molar-refractivity contribution in [1.82, 2.24) is 5.32 Å². The first-order valence-corrected chi connectivity index (χ1v) is 8.52. The molecule has 4 nitrogen and oxygen atoms in total. The van der Waals surface area contributed by atoms with Crippen molar-refractivity contribution in [1.29, 1.82) is 0 Å². The van der Waals surface area contributed by atoms with E-state index in [9.17, 15) is 18.0 Å². The minimum absolute atomic E-state index is 0.0520. The summed E-state index contributed by atoms with van der Waals surface area (Å²) in [4.78, 5) is 12.0. The van der Waals surface area contributed by atoms with Crippen molar-refractivity contribution < 1.29 is 27.8 Å². The fourth-order valence-electron chi connectivity index (χ4n) is 3.12. The molecule has 0 saturated heterocycles. The summed E-state index contributed by atoms with van der Waals surface area (Å²) in [5.41, 5.74) is -0.396. The van der Waals surface area contributed by atoms with Crippen molar-refractivity contribution in [3.05, 3.63) is 35.4 Å². The van der Waals surface area contributed by atoms with Crippen LogP contribution in [0.25, 0.3) is 0 Å². The van der Waals surface area contributed by atoms with Gasteiger partial charge in [-0.2, -0.15) is 13.2 Å². The molecule has 1 aliphatic rings. The van der Waals surface area contributed by atoms with E-state index in [1.54, 1.807) is 0 Å². The minimum atomic E-state index is -4.35. The van der Waals surface area contributed by atoms with Crippen LogP contribution in [0.1, 0.15) is 43.2 Å². The Morgan fingerprint density at radius 3 is 2.40 bits per heavy atom. The number of aryl methyl sites for hydroxylation is 1. The van der Waals surface area contributed by atoms with Gasteiger partial charge in [0.25, 0.3) is 0 Å². The zero-order chi connectivity index (χ0) is 18.3. The number of nitrogens with one attached hydrogen (secondary N) is 1. The van der Waals surface area contributed by atoms with Crippen LogP contribution in [0, 0.1) is 0 Å². The van der Waals surface area contributed by atoms with Gasteiger partial charge >= 0.3 is 6.18 Å². The topological polar surface area (TPSA) is 58.6 Å². The molecule has 0 aliphatic heterocycles. The summed E-state index contributed by atoms with van der Waals surface area (Å²) in [5, 5.41) is 11.8. The average Bonchev–Trinajstić information content (AvgIpc) is 3.05. The minimum Gasteiger partial charge on any atom is -0.394 e. The van der Waals surface area contributed by atoms with E-state index in [0.717, 1.165) is 37.8 Å². The van der Waals surface area contributed by atoms with Crippen LogP contribution in [0.4, 0.5) is 13.2 Å². The van der Waals surface area contributed by atoms with E-state index in [-0.39, 0.29) is 25.5 Å². The molecule has 0 unspecified atom stereocenters. The molecular formula is C18H24F3NO3. The highest BCUT2D eigenvalue weighted by Gasteiger charge is 2.35. The Labute approximate surface area is 145 Å². The quantitative estimate of drug-likeness (QED) is 0.750. The van der Waals surface area contributed by atoms with Crippen LogP contribution in [-0.2, 0) is 22.1 Å². The Bertz CT molecular complexity index is 552. The van der Waals surface area contributed by atoms with E-state index < -0.39 is 17.3 Å². The number of amides is 1. The highest BCUT2D eigenvalue weighted by Crippen LogP contribution is 2.32. The van der Waals surface area contributed by atoms with Crippen molar-refractivity contribution in [3.8, 4) is 0 Å². The molecule has 0 aromatic heterocycles. The molecule has 0 radical (unpaired) electrons. The van der Waals surface area contributed by atoms with Gasteiger partial charge in [0.15, 0.2) is 0 Å². The zero-order valence-corrected chi connectivity index (χ0v) is 14.1. The van der Waals surface area contributed by atoms with Crippen LogP contribution in [0.15, 0.2) is 24.3 Å². The maximum absolute atomic E-state index is 12.5. The molecule has 1 aromatic carbocycles. The first-order chi connectivity index (χ1) is 11.8. The van der Waals surface area contributed by atoms with Crippen LogP contribution >= 0.6 is 0 Å². The molecule has 0 atom stereocenters. The lowest BCUT2D eigenvalue weighted by molar-refractivity contribution is -0.137. The first-order valence-electron chi connectivity index (χ1n) is 8.52. The summed E-state index contributed by atoms with van der Waals surface area (Å²) < 4.78 is 43.3. The largest absolute Gasteiger partial charge is 0.416 e. The molecule has 1 saturated carbocycles. The lowest BCUT2D eigenvalue weighted by atomic mass is 10.0. The predicted molar refractivity (Wildman–Crippen MR) is 87.0 cm³/mol. The molecule has 140 valence electrons. The van der Waals surface area contributed by atoms with Gasteiger partial charge in [-0.05, 0) is 37.0 Å². The van der Waals surface area contributed by atoms with Crippen LogP contribution < -0.4 is 5.32 Å². The summed E-state index contributed by atoms with van der Waals surface area (Å²) in [6.45, 7) is 0.601. The third-order valence-corrected chi connectivity index (χ3v) is 4.54. The van der Waals surface area contributed by atoms with E-state index in [1.165, 1.54) is 12.1 Å². The van der Waals surface area contributed by atoms with Crippen LogP contribution in [0.5, 0.6) is 0 Å². The van der Waals surface area contributed by atoms with Gasteiger partial charge in [-0.1, -0.05) is 25.0 Å². The Balaban J connectivity index is 1.78. The van der Waals surface area contributed by atoms with Gasteiger partial charge in [-0.15, -0.1) is 0 Å². The summed E-state index contributed by atoms with van der Waals surface area (Å²) in [6, 6.07) is 4.87. The summed E-state index contributed by atoms with van der Waals surface area (Å²) in [7, 11) is 0. The predicted octanol–water partition coefficient (Wildman–Crippen LogP) is 3.08. The maximum atomic E-state index is 12.5. The lowest BCUT2D eigenvalue weighted by Crippen LogP contribution is -2.43. The van der Waals surface area contributed by atoms with E-state index in [2.05, 4.69) is 5.32 Å². The molecule has 0 bridgehead atoms. The SMILES string of the molecule is O=C(CCc1ccc(C(F)(F)F)cc1)NCC1(OCCO)CCCC1. The number of ether oxygens (including phenoxy) is 1. The molecule has 1 fully saturated rings. The van der Waals surface area contributed by atoms with Gasteiger partial charge in [0.1, 0.15) is 0 Å². The molecule has 25 heavy (non-hydrogen) atoms. The number of halogens is 3. The first kappa shape index (κ1) is 19.7. The molecule has 0 spiro atoms. The average molecular weight is 359 g/mol. The molecule has 1 aromatic rings. The van der Waals surface area contributed by atoms with Gasteiger partial charge in [-0.25, -0.2) is 0 Å². The molecule has 2 rings (SSSR count). The van der Waals surface area contributed by atoms with Crippen LogP contribution in [-0.4, -0.2) is 36.4 Å². The normalized spacial score (nSPS) is 16.8. The summed E-state index contributed by atoms with van der Waals surface area (Å²) in [6.07, 6.45) is 0.0219. The molecule has 0 heterocycles. The molecular weight excluding hydrogens is 335 g/mol. The number of aliphatic hydroxyl groups excluding tert-OH is 1. The van der Waals surface area contributed by atoms with Gasteiger partial charge in [0, 0.05) is 13.0 Å². The number of hydrogen-bond acceptors (Lipinski definition) is 3. The molecule has 1 aliphatic carbocycles. The van der Waals surface area contributed by atoms with Crippen molar-refractivity contribution in [2.75, 3.05) is 19.8 Å². The van der Waals surface area contributed by atoms with E-state index in [0.29, 0.717) is 18.5 Å². The number of hydrogen-bond donors (Lipinski definition) is 2. The van der Waals surface area contributed by atoms with Crippen molar-refractivity contribution in [2.45, 2.75) is 50.3 Å². The number of rotatable bonds is 8. The number of benzene rings is 1. The lowest BCUT2D eigenvalue weighted by Gasteiger charge is -2.29. The smallest absolute Gasteiger partial charge is 0.394 e. The highest BCUT2D eigenvalue weighted by molar-refractivity contribution is 5.76. The standard InChI is InChI=1S/C18H24F3NO3/c19-18(20,21)15-6-3-14(4-7-15)5-8-16(24)22-13-17(25-12-11-23)9-1-2-10-17/h3-4,6-7,23H,1-2,5,8-13H2,(H,22,24). The second kappa shape index (κ2) is 8.67. The summed E-state index contributed by atoms with van der Waals surface area (Å²) >= 11 is 0. The Hall–Kier alpha value is -1.60. The highest BCUT2D eigenvalue weighted by atomic mass is 19.4. The number of carbonyl (C=O) groups is 1. The van der Waals surface area contributed by atoms with E-state index in [1.807, 2.05) is 0 Å². The van der Waals surface area contributed by atoms with Gasteiger partial charge < -0.3 is 15.2 Å². The Kier molecular flexibility index (Phi) is 6.84. The van der Waals surface area contributed by atoms with Crippen molar-refractivity contribution in [3.63, 3.8) is 0 Å². The van der Waals surface area contributed by atoms with Crippen molar-refractivity contribution in [2.24, 2.45) is 0 Å². The van der Waals surface area contributed by atoms with E-state index >= 15 is 0 Å². The number of aliphatic hydroxyl groups is 1. The third-order valence-electron chi connectivity index (χ3n) is 4.54. The van der Waals surface area contributed by atoms with Crippen LogP contribution in [0.2, 0.25) is 0 Å². The zero-order valence-electron chi connectivity index (χ0n) is 14.1. The molecule has 2 N–H and O–H groups in total. The van der Waals surface area contributed by atoms with Gasteiger partial charge in [0.2, 0.25) is 5.91 Å². The fraction of sp³-hybridized carbons (Fsp3) is 0.611. The number of carbonyl (C=O) groups excluding carboxylic acids is 1. The van der Waals surface area contributed by atoms with E-state index in [4.69, 9.17) is 9.84 Å². The Morgan fingerprint density at radius 1 is 1.20 bits per heavy atom. The third kappa shape index (κ3) is 6.01. The second-order valence-corrected chi connectivity index (χ2v) is 6.43. The summed E-state index contributed by atoms with van der Waals surface area (Å²) in [5.74, 6) is -0.154.